The maximum Gasteiger partial charge on any atom is 0.389 e. The summed E-state index contributed by atoms with van der Waals surface area (Å²) in [7, 11) is 0. The number of carbonyl (C=O) groups is 1. The highest BCUT2D eigenvalue weighted by Gasteiger charge is 2.37. The van der Waals surface area contributed by atoms with Gasteiger partial charge in [-0.1, -0.05) is 27.7 Å². The molecule has 2 unspecified atom stereocenters. The van der Waals surface area contributed by atoms with Crippen LogP contribution in [0.3, 0.4) is 0 Å². The third-order valence-electron chi connectivity index (χ3n) is 3.69. The van der Waals surface area contributed by atoms with Crippen LogP contribution in [-0.4, -0.2) is 42.7 Å². The molecule has 2 atom stereocenters. The molecule has 1 rings (SSSR count). The maximum atomic E-state index is 12.6. The second-order valence-electron chi connectivity index (χ2n) is 7.10. The van der Waals surface area contributed by atoms with Crippen molar-refractivity contribution in [3.8, 4) is 0 Å². The molecule has 0 aromatic carbocycles. The smallest absolute Gasteiger partial charge is 0.352 e. The quantitative estimate of drug-likeness (QED) is 0.865. The molecule has 124 valence electrons. The number of nitrogens with zero attached hydrogens (tertiary/aromatic N) is 1. The van der Waals surface area contributed by atoms with Gasteiger partial charge >= 0.3 is 6.18 Å². The van der Waals surface area contributed by atoms with Gasteiger partial charge in [-0.25, -0.2) is 0 Å². The monoisotopic (exact) mass is 308 g/mol. The summed E-state index contributed by atoms with van der Waals surface area (Å²) in [6.45, 7) is 9.32. The molecule has 0 aromatic rings. The lowest BCUT2D eigenvalue weighted by Gasteiger charge is -2.39. The van der Waals surface area contributed by atoms with E-state index in [0.717, 1.165) is 13.0 Å². The van der Waals surface area contributed by atoms with Crippen LogP contribution in [0.2, 0.25) is 0 Å². The molecule has 1 fully saturated rings. The van der Waals surface area contributed by atoms with Gasteiger partial charge in [0.25, 0.3) is 0 Å². The van der Waals surface area contributed by atoms with Gasteiger partial charge in [0, 0.05) is 31.0 Å². The number of amides is 1. The summed E-state index contributed by atoms with van der Waals surface area (Å²) in [6.07, 6.45) is -3.60. The van der Waals surface area contributed by atoms with Crippen LogP contribution in [0.1, 0.15) is 47.0 Å². The number of likely N-dealkylation sites (tertiary alicyclic amines) is 1. The number of hydrogen-bond donors (Lipinski definition) is 1. The van der Waals surface area contributed by atoms with Crippen LogP contribution in [0, 0.1) is 11.3 Å². The molecule has 0 saturated carbocycles. The zero-order chi connectivity index (χ0) is 16.3. The molecule has 1 aliphatic heterocycles. The number of halogens is 3. The van der Waals surface area contributed by atoms with Crippen molar-refractivity contribution < 1.29 is 18.0 Å². The van der Waals surface area contributed by atoms with E-state index < -0.39 is 23.9 Å². The molecule has 1 amide bonds. The normalized spacial score (nSPS) is 24.9. The number of nitrogens with one attached hydrogen (secondary N) is 1. The van der Waals surface area contributed by atoms with Gasteiger partial charge in [-0.3, -0.25) is 4.79 Å². The van der Waals surface area contributed by atoms with Crippen LogP contribution < -0.4 is 5.32 Å². The fourth-order valence-electron chi connectivity index (χ4n) is 2.78. The predicted molar refractivity (Wildman–Crippen MR) is 76.9 cm³/mol. The highest BCUT2D eigenvalue weighted by atomic mass is 19.4. The molecular formula is C15H27F3N2O. The van der Waals surface area contributed by atoms with E-state index in [9.17, 15) is 18.0 Å². The summed E-state index contributed by atoms with van der Waals surface area (Å²) >= 11 is 0. The van der Waals surface area contributed by atoms with Gasteiger partial charge in [-0.05, 0) is 25.3 Å². The number of hydrogen-bond acceptors (Lipinski definition) is 2. The van der Waals surface area contributed by atoms with Gasteiger partial charge in [0.1, 0.15) is 0 Å². The number of rotatable bonds is 4. The van der Waals surface area contributed by atoms with Crippen LogP contribution in [0.15, 0.2) is 0 Å². The molecule has 1 aliphatic rings. The van der Waals surface area contributed by atoms with E-state index >= 15 is 0 Å². The molecular weight excluding hydrogens is 281 g/mol. The summed E-state index contributed by atoms with van der Waals surface area (Å²) in [6, 6.07) is -0.190. The Morgan fingerprint density at radius 2 is 1.86 bits per heavy atom. The van der Waals surface area contributed by atoms with E-state index in [0.29, 0.717) is 19.5 Å². The Kier molecular flexibility index (Phi) is 6.08. The second kappa shape index (κ2) is 6.99. The molecule has 21 heavy (non-hydrogen) atoms. The Bertz CT molecular complexity index is 350. The minimum Gasteiger partial charge on any atom is -0.352 e. The van der Waals surface area contributed by atoms with Gasteiger partial charge in [-0.15, -0.1) is 0 Å². The lowest BCUT2D eigenvalue weighted by Crippen LogP contribution is -2.53. The molecule has 0 aromatic heterocycles. The first-order chi connectivity index (χ1) is 9.51. The second-order valence-corrected chi connectivity index (χ2v) is 7.10. The summed E-state index contributed by atoms with van der Waals surface area (Å²) in [5, 5.41) is 2.91. The first-order valence-electron chi connectivity index (χ1n) is 7.61. The zero-order valence-electron chi connectivity index (χ0n) is 13.4. The molecule has 3 nitrogen and oxygen atoms in total. The van der Waals surface area contributed by atoms with Crippen molar-refractivity contribution in [3.05, 3.63) is 0 Å². The van der Waals surface area contributed by atoms with Crippen LogP contribution in [0.4, 0.5) is 13.2 Å². The van der Waals surface area contributed by atoms with Crippen molar-refractivity contribution in [3.63, 3.8) is 0 Å². The Hall–Kier alpha value is -0.780. The van der Waals surface area contributed by atoms with Crippen molar-refractivity contribution in [1.29, 1.82) is 0 Å². The van der Waals surface area contributed by atoms with Gasteiger partial charge < -0.3 is 10.2 Å². The number of piperidine rings is 1. The van der Waals surface area contributed by atoms with Crippen molar-refractivity contribution in [1.82, 2.24) is 10.2 Å². The van der Waals surface area contributed by atoms with E-state index in [1.165, 1.54) is 0 Å². The lowest BCUT2D eigenvalue weighted by atomic mass is 9.89. The average molecular weight is 308 g/mol. The van der Waals surface area contributed by atoms with Crippen LogP contribution in [-0.2, 0) is 4.79 Å². The van der Waals surface area contributed by atoms with Crippen molar-refractivity contribution >= 4 is 5.91 Å². The summed E-state index contributed by atoms with van der Waals surface area (Å²) < 4.78 is 37.9. The maximum absolute atomic E-state index is 12.6. The summed E-state index contributed by atoms with van der Waals surface area (Å²) in [4.78, 5) is 14.1. The molecule has 0 aliphatic carbocycles. The van der Waals surface area contributed by atoms with Crippen molar-refractivity contribution in [2.45, 2.75) is 59.2 Å². The van der Waals surface area contributed by atoms with E-state index in [2.05, 4.69) is 5.32 Å². The lowest BCUT2D eigenvalue weighted by molar-refractivity contribution is -0.149. The van der Waals surface area contributed by atoms with E-state index in [-0.39, 0.29) is 11.9 Å². The molecule has 1 heterocycles. The van der Waals surface area contributed by atoms with E-state index in [1.54, 1.807) is 0 Å². The molecule has 1 saturated heterocycles. The summed E-state index contributed by atoms with van der Waals surface area (Å²) in [5.74, 6) is -0.535. The highest BCUT2D eigenvalue weighted by molar-refractivity contribution is 5.81. The van der Waals surface area contributed by atoms with Gasteiger partial charge in [0.2, 0.25) is 5.91 Å². The van der Waals surface area contributed by atoms with Crippen molar-refractivity contribution in [2.24, 2.45) is 11.3 Å². The summed E-state index contributed by atoms with van der Waals surface area (Å²) in [5.41, 5.74) is -0.521. The third-order valence-corrected chi connectivity index (χ3v) is 3.69. The number of alkyl halides is 3. The first-order valence-corrected chi connectivity index (χ1v) is 7.61. The minimum absolute atomic E-state index is 0.100. The van der Waals surface area contributed by atoms with Gasteiger partial charge in [0.15, 0.2) is 0 Å². The Balaban J connectivity index is 2.68. The minimum atomic E-state index is -4.14. The van der Waals surface area contributed by atoms with Crippen LogP contribution in [0.25, 0.3) is 0 Å². The average Bonchev–Trinajstić information content (AvgIpc) is 2.25. The van der Waals surface area contributed by atoms with Crippen LogP contribution in [0.5, 0.6) is 0 Å². The Labute approximate surface area is 125 Å². The molecule has 0 bridgehead atoms. The third kappa shape index (κ3) is 6.68. The Morgan fingerprint density at radius 3 is 2.33 bits per heavy atom. The van der Waals surface area contributed by atoms with Gasteiger partial charge in [-0.2, -0.15) is 13.2 Å². The molecule has 0 radical (unpaired) electrons. The highest BCUT2D eigenvalue weighted by Crippen LogP contribution is 2.30. The van der Waals surface area contributed by atoms with E-state index in [1.807, 2.05) is 32.6 Å². The fraction of sp³-hybridized carbons (Fsp3) is 0.933. The van der Waals surface area contributed by atoms with E-state index in [4.69, 9.17) is 0 Å². The largest absolute Gasteiger partial charge is 0.389 e. The molecule has 0 spiro atoms. The Morgan fingerprint density at radius 1 is 1.24 bits per heavy atom. The number of carbonyl (C=O) groups excluding carboxylic acids is 1. The van der Waals surface area contributed by atoms with Crippen LogP contribution >= 0.6 is 0 Å². The predicted octanol–water partition coefficient (Wildman–Crippen LogP) is 3.20. The fourth-order valence-corrected chi connectivity index (χ4v) is 2.78. The molecule has 1 N–H and O–H groups in total. The first kappa shape index (κ1) is 18.3. The zero-order valence-corrected chi connectivity index (χ0v) is 13.4. The standard InChI is InChI=1S/C15H27F3N2O/c1-5-6-20-9-11(8-15(16,17)18)7-12(10-20)19-13(21)14(2,3)4/h11-12H,5-10H2,1-4H3,(H,19,21). The SMILES string of the molecule is CCCN1CC(CC(F)(F)F)CC(NC(=O)C(C)(C)C)C1. The van der Waals surface area contributed by atoms with Gasteiger partial charge in [0.05, 0.1) is 0 Å². The topological polar surface area (TPSA) is 32.3 Å². The van der Waals surface area contributed by atoms with Crippen molar-refractivity contribution in [2.75, 3.05) is 19.6 Å². The molecule has 6 heteroatoms.